The molecule has 0 aliphatic heterocycles. The van der Waals surface area contributed by atoms with Crippen molar-refractivity contribution in [3.8, 4) is 5.75 Å². The highest BCUT2D eigenvalue weighted by Gasteiger charge is 2.08. The molecule has 0 saturated carbocycles. The van der Waals surface area contributed by atoms with Gasteiger partial charge in [0.1, 0.15) is 11.6 Å². The SMILES string of the molecule is Cc1ccccc1OCCc1nnc2c(Br)cccn12. The fraction of sp³-hybridized carbons (Fsp3) is 0.200. The van der Waals surface area contributed by atoms with Crippen LogP contribution in [0.25, 0.3) is 5.65 Å². The number of aryl methyl sites for hydroxylation is 1. The molecule has 102 valence electrons. The van der Waals surface area contributed by atoms with Gasteiger partial charge in [-0.3, -0.25) is 4.40 Å². The van der Waals surface area contributed by atoms with E-state index in [9.17, 15) is 0 Å². The Kier molecular flexibility index (Phi) is 3.69. The van der Waals surface area contributed by atoms with E-state index in [1.54, 1.807) is 0 Å². The van der Waals surface area contributed by atoms with Crippen LogP contribution in [-0.4, -0.2) is 21.2 Å². The summed E-state index contributed by atoms with van der Waals surface area (Å²) in [4.78, 5) is 0. The molecule has 0 aliphatic rings. The van der Waals surface area contributed by atoms with Crippen LogP contribution >= 0.6 is 15.9 Å². The minimum atomic E-state index is 0.582. The molecule has 3 rings (SSSR count). The molecule has 0 spiro atoms. The van der Waals surface area contributed by atoms with Gasteiger partial charge in [-0.2, -0.15) is 0 Å². The largest absolute Gasteiger partial charge is 0.493 e. The highest BCUT2D eigenvalue weighted by atomic mass is 79.9. The summed E-state index contributed by atoms with van der Waals surface area (Å²) in [6.07, 6.45) is 2.68. The van der Waals surface area contributed by atoms with Gasteiger partial charge in [0.25, 0.3) is 0 Å². The molecule has 0 aliphatic carbocycles. The summed E-state index contributed by atoms with van der Waals surface area (Å²) >= 11 is 3.47. The topological polar surface area (TPSA) is 39.4 Å². The Labute approximate surface area is 125 Å². The molecule has 2 aromatic heterocycles. The molecule has 3 aromatic rings. The van der Waals surface area contributed by atoms with Crippen LogP contribution in [0.4, 0.5) is 0 Å². The summed E-state index contributed by atoms with van der Waals surface area (Å²) in [6, 6.07) is 11.9. The lowest BCUT2D eigenvalue weighted by Gasteiger charge is -2.08. The first-order chi connectivity index (χ1) is 9.75. The van der Waals surface area contributed by atoms with Crippen molar-refractivity contribution in [1.82, 2.24) is 14.6 Å². The average molecular weight is 332 g/mol. The fourth-order valence-corrected chi connectivity index (χ4v) is 2.50. The highest BCUT2D eigenvalue weighted by molar-refractivity contribution is 9.10. The van der Waals surface area contributed by atoms with E-state index in [2.05, 4.69) is 26.1 Å². The van der Waals surface area contributed by atoms with Crippen molar-refractivity contribution in [1.29, 1.82) is 0 Å². The lowest BCUT2D eigenvalue weighted by Crippen LogP contribution is -2.05. The molecule has 0 unspecified atom stereocenters. The van der Waals surface area contributed by atoms with Crippen molar-refractivity contribution in [2.45, 2.75) is 13.3 Å². The van der Waals surface area contributed by atoms with Crippen molar-refractivity contribution in [2.75, 3.05) is 6.61 Å². The van der Waals surface area contributed by atoms with Crippen LogP contribution in [0.3, 0.4) is 0 Å². The second-order valence-electron chi connectivity index (χ2n) is 4.53. The monoisotopic (exact) mass is 331 g/mol. The fourth-order valence-electron chi connectivity index (χ4n) is 2.07. The number of hydrogen-bond acceptors (Lipinski definition) is 3. The first kappa shape index (κ1) is 13.1. The van der Waals surface area contributed by atoms with Crippen molar-refractivity contribution in [3.63, 3.8) is 0 Å². The maximum Gasteiger partial charge on any atom is 0.175 e. The molecular weight excluding hydrogens is 318 g/mol. The number of nitrogens with zero attached hydrogens (tertiary/aromatic N) is 3. The number of rotatable bonds is 4. The molecule has 0 atom stereocenters. The van der Waals surface area contributed by atoms with Crippen LogP contribution in [0.15, 0.2) is 47.1 Å². The zero-order valence-corrected chi connectivity index (χ0v) is 12.7. The minimum Gasteiger partial charge on any atom is -0.493 e. The molecule has 0 radical (unpaired) electrons. The molecule has 0 bridgehead atoms. The smallest absolute Gasteiger partial charge is 0.175 e. The molecule has 0 fully saturated rings. The number of pyridine rings is 1. The Morgan fingerprint density at radius 3 is 2.85 bits per heavy atom. The summed E-state index contributed by atoms with van der Waals surface area (Å²) in [5.41, 5.74) is 1.97. The summed E-state index contributed by atoms with van der Waals surface area (Å²) < 4.78 is 8.72. The predicted octanol–water partition coefficient (Wildman–Crippen LogP) is 3.42. The predicted molar refractivity (Wildman–Crippen MR) is 81.1 cm³/mol. The number of para-hydroxylation sites is 1. The molecule has 1 aromatic carbocycles. The second kappa shape index (κ2) is 5.63. The standard InChI is InChI=1S/C15H14BrN3O/c1-11-5-2-3-7-13(11)20-10-8-14-17-18-15-12(16)6-4-9-19(14)15/h2-7,9H,8,10H2,1H3. The van der Waals surface area contributed by atoms with E-state index in [-0.39, 0.29) is 0 Å². The summed E-state index contributed by atoms with van der Waals surface area (Å²) in [6.45, 7) is 2.62. The van der Waals surface area contributed by atoms with Gasteiger partial charge < -0.3 is 4.74 Å². The summed E-state index contributed by atoms with van der Waals surface area (Å²) in [5.74, 6) is 1.82. The quantitative estimate of drug-likeness (QED) is 0.735. The van der Waals surface area contributed by atoms with Crippen LogP contribution in [0, 0.1) is 6.92 Å². The number of aromatic nitrogens is 3. The molecule has 0 amide bonds. The van der Waals surface area contributed by atoms with E-state index in [1.807, 2.05) is 53.9 Å². The summed E-state index contributed by atoms with van der Waals surface area (Å²) in [5, 5.41) is 8.38. The summed E-state index contributed by atoms with van der Waals surface area (Å²) in [7, 11) is 0. The van der Waals surface area contributed by atoms with Crippen LogP contribution < -0.4 is 4.74 Å². The maximum atomic E-state index is 5.80. The lowest BCUT2D eigenvalue weighted by molar-refractivity contribution is 0.316. The number of benzene rings is 1. The number of halogens is 1. The van der Waals surface area contributed by atoms with Crippen LogP contribution in [0.2, 0.25) is 0 Å². The Hall–Kier alpha value is -1.88. The van der Waals surface area contributed by atoms with E-state index in [0.29, 0.717) is 13.0 Å². The lowest BCUT2D eigenvalue weighted by atomic mass is 10.2. The molecule has 4 nitrogen and oxygen atoms in total. The van der Waals surface area contributed by atoms with Gasteiger partial charge in [0, 0.05) is 12.6 Å². The Bertz CT molecular complexity index is 739. The van der Waals surface area contributed by atoms with Gasteiger partial charge in [0.15, 0.2) is 5.65 Å². The number of hydrogen-bond donors (Lipinski definition) is 0. The van der Waals surface area contributed by atoms with Gasteiger partial charge in [-0.25, -0.2) is 0 Å². The second-order valence-corrected chi connectivity index (χ2v) is 5.38. The van der Waals surface area contributed by atoms with E-state index < -0.39 is 0 Å². The third-order valence-electron chi connectivity index (χ3n) is 3.13. The van der Waals surface area contributed by atoms with Crippen LogP contribution in [0.1, 0.15) is 11.4 Å². The first-order valence-electron chi connectivity index (χ1n) is 6.42. The van der Waals surface area contributed by atoms with Crippen molar-refractivity contribution < 1.29 is 4.74 Å². The molecule has 2 heterocycles. The Morgan fingerprint density at radius 1 is 1.15 bits per heavy atom. The van der Waals surface area contributed by atoms with Crippen LogP contribution in [0.5, 0.6) is 5.75 Å². The van der Waals surface area contributed by atoms with E-state index in [1.165, 1.54) is 0 Å². The van der Waals surface area contributed by atoms with E-state index >= 15 is 0 Å². The molecule has 5 heteroatoms. The Morgan fingerprint density at radius 2 is 2.00 bits per heavy atom. The third kappa shape index (κ3) is 2.54. The molecule has 0 saturated heterocycles. The van der Waals surface area contributed by atoms with Gasteiger partial charge in [-0.1, -0.05) is 18.2 Å². The first-order valence-corrected chi connectivity index (χ1v) is 7.21. The van der Waals surface area contributed by atoms with Gasteiger partial charge in [0.2, 0.25) is 0 Å². The highest BCUT2D eigenvalue weighted by Crippen LogP contribution is 2.18. The maximum absolute atomic E-state index is 5.80. The van der Waals surface area contributed by atoms with Gasteiger partial charge >= 0.3 is 0 Å². The number of fused-ring (bicyclic) bond motifs is 1. The average Bonchev–Trinajstić information content (AvgIpc) is 2.86. The van der Waals surface area contributed by atoms with E-state index in [0.717, 1.165) is 27.3 Å². The molecule has 0 N–H and O–H groups in total. The van der Waals surface area contributed by atoms with Crippen molar-refractivity contribution in [2.24, 2.45) is 0 Å². The van der Waals surface area contributed by atoms with Gasteiger partial charge in [-0.15, -0.1) is 10.2 Å². The molecule has 20 heavy (non-hydrogen) atoms. The Balaban J connectivity index is 1.72. The van der Waals surface area contributed by atoms with E-state index in [4.69, 9.17) is 4.74 Å². The molecular formula is C15H14BrN3O. The van der Waals surface area contributed by atoms with Crippen LogP contribution in [-0.2, 0) is 6.42 Å². The van der Waals surface area contributed by atoms with Crippen molar-refractivity contribution >= 4 is 21.6 Å². The van der Waals surface area contributed by atoms with Crippen molar-refractivity contribution in [3.05, 3.63) is 58.5 Å². The van der Waals surface area contributed by atoms with Gasteiger partial charge in [0.05, 0.1) is 11.1 Å². The normalized spacial score (nSPS) is 10.9. The zero-order chi connectivity index (χ0) is 13.9. The van der Waals surface area contributed by atoms with Gasteiger partial charge in [-0.05, 0) is 46.6 Å². The number of ether oxygens (including phenoxy) is 1. The zero-order valence-electron chi connectivity index (χ0n) is 11.1. The third-order valence-corrected chi connectivity index (χ3v) is 3.75. The minimum absolute atomic E-state index is 0.582.